The van der Waals surface area contributed by atoms with Crippen molar-refractivity contribution in [3.8, 4) is 5.75 Å². The maximum absolute atomic E-state index is 13.9. The molecule has 6 heteroatoms. The first kappa shape index (κ1) is 29.7. The van der Waals surface area contributed by atoms with Crippen molar-refractivity contribution in [1.29, 1.82) is 0 Å². The second kappa shape index (κ2) is 19.0. The molecule has 192 valence electrons. The van der Waals surface area contributed by atoms with Crippen LogP contribution in [0, 0.1) is 5.82 Å². The minimum atomic E-state index is -0.925. The Hall–Kier alpha value is -2.37. The van der Waals surface area contributed by atoms with Gasteiger partial charge in [0.2, 0.25) is 5.82 Å². The minimum Gasteiger partial charge on any atom is -0.493 e. The van der Waals surface area contributed by atoms with Gasteiger partial charge in [-0.25, -0.2) is 4.79 Å². The van der Waals surface area contributed by atoms with E-state index in [4.69, 9.17) is 9.15 Å². The van der Waals surface area contributed by atoms with E-state index in [1.165, 1.54) is 51.4 Å². The molecular weight excluding hydrogens is 435 g/mol. The topological polar surface area (TPSA) is 65.7 Å². The van der Waals surface area contributed by atoms with E-state index in [-0.39, 0.29) is 0 Å². The predicted molar refractivity (Wildman–Crippen MR) is 136 cm³/mol. The molecule has 0 saturated carbocycles. The number of benzene rings is 1. The fourth-order valence-electron chi connectivity index (χ4n) is 3.77. The molecule has 0 aliphatic rings. The summed E-state index contributed by atoms with van der Waals surface area (Å²) < 4.78 is 29.4. The van der Waals surface area contributed by atoms with Crippen molar-refractivity contribution in [2.45, 2.75) is 104 Å². The molecule has 0 radical (unpaired) electrons. The third kappa shape index (κ3) is 11.7. The van der Waals surface area contributed by atoms with Gasteiger partial charge in [-0.1, -0.05) is 85.0 Å². The van der Waals surface area contributed by atoms with E-state index in [1.54, 1.807) is 18.2 Å². The van der Waals surface area contributed by atoms with Crippen LogP contribution in [0.1, 0.15) is 103 Å². The molecule has 0 N–H and O–H groups in total. The lowest BCUT2D eigenvalue weighted by molar-refractivity contribution is -0.128. The lowest BCUT2D eigenvalue weighted by atomic mass is 10.1. The number of carbonyl (C=O) groups excluding carboxylic acids is 1. The largest absolute Gasteiger partial charge is 0.493 e. The maximum atomic E-state index is 13.9. The zero-order valence-electron chi connectivity index (χ0n) is 21.3. The molecule has 0 bridgehead atoms. The first-order valence-electron chi connectivity index (χ1n) is 13.0. The summed E-state index contributed by atoms with van der Waals surface area (Å²) >= 11 is 0. The van der Waals surface area contributed by atoms with E-state index in [0.29, 0.717) is 48.4 Å². The zero-order chi connectivity index (χ0) is 25.0. The zero-order valence-corrected chi connectivity index (χ0v) is 21.3. The fraction of sp³-hybridized carbons (Fsp3) is 0.643. The van der Waals surface area contributed by atoms with Crippen molar-refractivity contribution in [2.75, 3.05) is 13.2 Å². The maximum Gasteiger partial charge on any atom is 0.372 e. The average molecular weight is 479 g/mol. The number of fused-ring (bicyclic) bond motifs is 1. The number of unbranched alkanes of at least 4 members (excludes halogenated alkanes) is 10. The second-order valence-corrected chi connectivity index (χ2v) is 8.61. The Morgan fingerprint density at radius 3 is 1.91 bits per heavy atom. The molecular formula is C28H43FO5. The second-order valence-electron chi connectivity index (χ2n) is 8.61. The Balaban J connectivity index is 0.00000182. The highest BCUT2D eigenvalue weighted by molar-refractivity contribution is 5.81. The van der Waals surface area contributed by atoms with Gasteiger partial charge in [0.1, 0.15) is 11.3 Å². The molecule has 5 nitrogen and oxygen atoms in total. The van der Waals surface area contributed by atoms with Gasteiger partial charge >= 0.3 is 5.63 Å². The number of ether oxygens (including phenoxy) is 2. The van der Waals surface area contributed by atoms with E-state index in [9.17, 15) is 14.0 Å². The molecule has 0 unspecified atom stereocenters. The SMILES string of the molecule is CCC.CCc1c(F)c(=O)oc2cc(OCCCCCCCCCCCCCOC=O)ccc12. The summed E-state index contributed by atoms with van der Waals surface area (Å²) in [6, 6.07) is 5.23. The van der Waals surface area contributed by atoms with Crippen LogP contribution in [0.15, 0.2) is 27.4 Å². The van der Waals surface area contributed by atoms with E-state index in [1.807, 2.05) is 6.92 Å². The molecule has 2 rings (SSSR count). The summed E-state index contributed by atoms with van der Waals surface area (Å²) in [4.78, 5) is 21.7. The Kier molecular flexibility index (Phi) is 16.6. The van der Waals surface area contributed by atoms with Crippen LogP contribution in [-0.4, -0.2) is 19.7 Å². The summed E-state index contributed by atoms with van der Waals surface area (Å²) in [6.45, 7) is 7.74. The molecule has 1 heterocycles. The van der Waals surface area contributed by atoms with E-state index >= 15 is 0 Å². The van der Waals surface area contributed by atoms with Gasteiger partial charge in [0.15, 0.2) is 0 Å². The van der Waals surface area contributed by atoms with Gasteiger partial charge in [-0.05, 0) is 31.4 Å². The predicted octanol–water partition coefficient (Wildman–Crippen LogP) is 7.75. The first-order chi connectivity index (χ1) is 16.6. The fourth-order valence-corrected chi connectivity index (χ4v) is 3.77. The molecule has 0 aliphatic carbocycles. The van der Waals surface area contributed by atoms with E-state index in [0.717, 1.165) is 25.7 Å². The number of halogens is 1. The molecule has 0 aliphatic heterocycles. The number of rotatable bonds is 17. The summed E-state index contributed by atoms with van der Waals surface area (Å²) in [5.41, 5.74) is -0.164. The lowest BCUT2D eigenvalue weighted by Crippen LogP contribution is -2.09. The molecule has 1 aromatic carbocycles. The van der Waals surface area contributed by atoms with Crippen molar-refractivity contribution in [3.63, 3.8) is 0 Å². The number of aryl methyl sites for hydroxylation is 1. The molecule has 2 aromatic rings. The Morgan fingerprint density at radius 1 is 0.853 bits per heavy atom. The third-order valence-corrected chi connectivity index (χ3v) is 5.52. The minimum absolute atomic E-state index is 0.370. The number of carbonyl (C=O) groups is 1. The van der Waals surface area contributed by atoms with E-state index in [2.05, 4.69) is 18.6 Å². The highest BCUT2D eigenvalue weighted by atomic mass is 19.1. The quantitative estimate of drug-likeness (QED) is 0.132. The standard InChI is InChI=1S/C25H35FO5.C3H8/c1-2-21-22-15-14-20(18-23(22)31-25(28)24(21)26)30-17-13-11-9-7-5-3-4-6-8-10-12-16-29-19-27;1-3-2/h14-15,18-19H,2-13,16-17H2,1H3;3H2,1-2H3. The van der Waals surface area contributed by atoms with Crippen LogP contribution < -0.4 is 10.4 Å². The van der Waals surface area contributed by atoms with Gasteiger partial charge in [0.25, 0.3) is 6.47 Å². The molecule has 0 saturated heterocycles. The molecule has 34 heavy (non-hydrogen) atoms. The van der Waals surface area contributed by atoms with Crippen molar-refractivity contribution in [1.82, 2.24) is 0 Å². The first-order valence-corrected chi connectivity index (χ1v) is 13.0. The van der Waals surface area contributed by atoms with Crippen LogP contribution in [0.2, 0.25) is 0 Å². The number of hydrogen-bond donors (Lipinski definition) is 0. The Labute approximate surface area is 204 Å². The average Bonchev–Trinajstić information content (AvgIpc) is 2.83. The van der Waals surface area contributed by atoms with Crippen molar-refractivity contribution in [3.05, 3.63) is 40.0 Å². The molecule has 0 amide bonds. The van der Waals surface area contributed by atoms with Gasteiger partial charge in [-0.15, -0.1) is 0 Å². The normalized spacial score (nSPS) is 10.6. The van der Waals surface area contributed by atoms with Crippen LogP contribution in [-0.2, 0) is 16.0 Å². The van der Waals surface area contributed by atoms with Crippen LogP contribution >= 0.6 is 0 Å². The highest BCUT2D eigenvalue weighted by Crippen LogP contribution is 2.24. The Bertz CT molecular complexity index is 862. The summed E-state index contributed by atoms with van der Waals surface area (Å²) in [6.07, 6.45) is 14.7. The Morgan fingerprint density at radius 2 is 1.38 bits per heavy atom. The summed E-state index contributed by atoms with van der Waals surface area (Å²) in [7, 11) is 0. The number of hydrogen-bond acceptors (Lipinski definition) is 5. The van der Waals surface area contributed by atoms with Crippen LogP contribution in [0.25, 0.3) is 11.0 Å². The molecule has 0 fully saturated rings. The highest BCUT2D eigenvalue weighted by Gasteiger charge is 2.13. The molecule has 0 atom stereocenters. The monoisotopic (exact) mass is 478 g/mol. The molecule has 1 aromatic heterocycles. The van der Waals surface area contributed by atoms with Gasteiger partial charge in [0, 0.05) is 17.0 Å². The van der Waals surface area contributed by atoms with Gasteiger partial charge in [0.05, 0.1) is 13.2 Å². The van der Waals surface area contributed by atoms with Gasteiger partial charge < -0.3 is 13.9 Å². The smallest absolute Gasteiger partial charge is 0.372 e. The lowest BCUT2D eigenvalue weighted by Gasteiger charge is -2.09. The van der Waals surface area contributed by atoms with Crippen molar-refractivity contribution < 1.29 is 23.1 Å². The van der Waals surface area contributed by atoms with Crippen molar-refractivity contribution >= 4 is 17.4 Å². The third-order valence-electron chi connectivity index (χ3n) is 5.52. The summed E-state index contributed by atoms with van der Waals surface area (Å²) in [5.74, 6) is -0.160. The van der Waals surface area contributed by atoms with Crippen LogP contribution in [0.5, 0.6) is 5.75 Å². The van der Waals surface area contributed by atoms with E-state index < -0.39 is 11.4 Å². The van der Waals surface area contributed by atoms with Gasteiger partial charge in [-0.2, -0.15) is 4.39 Å². The van der Waals surface area contributed by atoms with Crippen LogP contribution in [0.4, 0.5) is 4.39 Å². The van der Waals surface area contributed by atoms with Gasteiger partial charge in [-0.3, -0.25) is 4.79 Å². The summed E-state index contributed by atoms with van der Waals surface area (Å²) in [5, 5.41) is 0.624. The van der Waals surface area contributed by atoms with Crippen LogP contribution in [0.3, 0.4) is 0 Å². The van der Waals surface area contributed by atoms with Crippen molar-refractivity contribution in [2.24, 2.45) is 0 Å². The molecule has 0 spiro atoms.